The van der Waals surface area contributed by atoms with E-state index in [1.807, 2.05) is 25.1 Å². The monoisotopic (exact) mass is 231 g/mol. The van der Waals surface area contributed by atoms with Crippen molar-refractivity contribution in [3.63, 3.8) is 0 Å². The highest BCUT2D eigenvalue weighted by atomic mass is 16.5. The zero-order valence-corrected chi connectivity index (χ0v) is 10.2. The molecule has 0 saturated carbocycles. The number of imidazole rings is 1. The van der Waals surface area contributed by atoms with Gasteiger partial charge in [0.1, 0.15) is 17.9 Å². The van der Waals surface area contributed by atoms with Crippen LogP contribution >= 0.6 is 0 Å². The minimum atomic E-state index is 0.474. The van der Waals surface area contributed by atoms with Crippen molar-refractivity contribution in [1.82, 2.24) is 9.55 Å². The van der Waals surface area contributed by atoms with E-state index in [4.69, 9.17) is 10.5 Å². The Hall–Kier alpha value is -1.81. The summed E-state index contributed by atoms with van der Waals surface area (Å²) in [5.74, 6) is 0.878. The molecule has 0 fully saturated rings. The van der Waals surface area contributed by atoms with Gasteiger partial charge in [-0.1, -0.05) is 18.2 Å². The Bertz CT molecular complexity index is 557. The number of hydrogen-bond donors (Lipinski definition) is 1. The number of benzene rings is 1. The second kappa shape index (κ2) is 4.59. The van der Waals surface area contributed by atoms with Gasteiger partial charge in [0.2, 0.25) is 0 Å². The van der Waals surface area contributed by atoms with Crippen LogP contribution in [0, 0.1) is 0 Å². The molecule has 0 bridgehead atoms. The maximum atomic E-state index is 5.93. The third-order valence-corrected chi connectivity index (χ3v) is 2.59. The van der Waals surface area contributed by atoms with Crippen LogP contribution in [0.25, 0.3) is 11.0 Å². The summed E-state index contributed by atoms with van der Waals surface area (Å²) >= 11 is 0. The van der Waals surface area contributed by atoms with Crippen molar-refractivity contribution < 1.29 is 4.74 Å². The van der Waals surface area contributed by atoms with Crippen molar-refractivity contribution in [3.05, 3.63) is 36.2 Å². The molecule has 1 aromatic carbocycles. The highest BCUT2D eigenvalue weighted by Gasteiger charge is 2.11. The topological polar surface area (TPSA) is 53.1 Å². The molecule has 2 rings (SSSR count). The molecule has 4 nitrogen and oxygen atoms in total. The molecule has 2 aromatic rings. The van der Waals surface area contributed by atoms with Crippen molar-refractivity contribution in [1.29, 1.82) is 0 Å². The number of nitrogens with zero attached hydrogens (tertiary/aromatic N) is 2. The minimum absolute atomic E-state index is 0.474. The van der Waals surface area contributed by atoms with Gasteiger partial charge in [0.25, 0.3) is 0 Å². The molecular formula is C13H17N3O. The summed E-state index contributed by atoms with van der Waals surface area (Å²) in [7, 11) is 1.66. The van der Waals surface area contributed by atoms with E-state index in [2.05, 4.69) is 16.1 Å². The van der Waals surface area contributed by atoms with E-state index in [1.165, 1.54) is 0 Å². The number of para-hydroxylation sites is 1. The van der Waals surface area contributed by atoms with E-state index >= 15 is 0 Å². The molecular weight excluding hydrogens is 214 g/mol. The highest BCUT2D eigenvalue weighted by molar-refractivity contribution is 5.87. The molecule has 0 amide bonds. The predicted octanol–water partition coefficient (Wildman–Crippen LogP) is 2.34. The quantitative estimate of drug-likeness (QED) is 0.649. The Labute approximate surface area is 101 Å². The van der Waals surface area contributed by atoms with Crippen LogP contribution in [-0.2, 0) is 17.9 Å². The lowest BCUT2D eigenvalue weighted by atomic mass is 10.2. The van der Waals surface area contributed by atoms with E-state index < -0.39 is 0 Å². The van der Waals surface area contributed by atoms with Crippen molar-refractivity contribution in [3.8, 4) is 0 Å². The Balaban J connectivity index is 2.62. The van der Waals surface area contributed by atoms with E-state index in [1.54, 1.807) is 7.11 Å². The van der Waals surface area contributed by atoms with E-state index in [9.17, 15) is 0 Å². The molecule has 1 heterocycles. The average molecular weight is 231 g/mol. The summed E-state index contributed by atoms with van der Waals surface area (Å²) in [6.45, 7) is 7.14. The number of aromatic nitrogens is 2. The lowest BCUT2D eigenvalue weighted by molar-refractivity contribution is 0.175. The molecule has 0 unspecified atom stereocenters. The zero-order valence-electron chi connectivity index (χ0n) is 10.2. The smallest absolute Gasteiger partial charge is 0.136 e. The van der Waals surface area contributed by atoms with Crippen molar-refractivity contribution in [2.24, 2.45) is 0 Å². The third-order valence-electron chi connectivity index (χ3n) is 2.59. The van der Waals surface area contributed by atoms with Gasteiger partial charge >= 0.3 is 0 Å². The van der Waals surface area contributed by atoms with Crippen molar-refractivity contribution in [2.45, 2.75) is 20.1 Å². The highest BCUT2D eigenvalue weighted by Crippen LogP contribution is 2.22. The molecule has 0 radical (unpaired) electrons. The van der Waals surface area contributed by atoms with Crippen LogP contribution < -0.4 is 5.73 Å². The predicted molar refractivity (Wildman–Crippen MR) is 69.7 cm³/mol. The Morgan fingerprint density at radius 3 is 2.94 bits per heavy atom. The SMILES string of the molecule is C=C(C)Cn1c(COC)nc2c(N)cccc21. The van der Waals surface area contributed by atoms with E-state index in [-0.39, 0.29) is 0 Å². The number of anilines is 1. The minimum Gasteiger partial charge on any atom is -0.397 e. The summed E-state index contributed by atoms with van der Waals surface area (Å²) < 4.78 is 7.26. The molecule has 4 heteroatoms. The van der Waals surface area contributed by atoms with Gasteiger partial charge < -0.3 is 15.0 Å². The molecule has 2 N–H and O–H groups in total. The second-order valence-corrected chi connectivity index (χ2v) is 4.22. The average Bonchev–Trinajstić information content (AvgIpc) is 2.59. The fraction of sp³-hybridized carbons (Fsp3) is 0.308. The fourth-order valence-electron chi connectivity index (χ4n) is 1.90. The van der Waals surface area contributed by atoms with Crippen LogP contribution in [0.3, 0.4) is 0 Å². The molecule has 0 aliphatic carbocycles. The summed E-state index contributed by atoms with van der Waals surface area (Å²) in [4.78, 5) is 4.53. The Morgan fingerprint density at radius 1 is 1.53 bits per heavy atom. The van der Waals surface area contributed by atoms with Crippen LogP contribution in [0.15, 0.2) is 30.4 Å². The van der Waals surface area contributed by atoms with Crippen molar-refractivity contribution >= 4 is 16.7 Å². The number of methoxy groups -OCH3 is 1. The third kappa shape index (κ3) is 2.17. The van der Waals surface area contributed by atoms with Crippen LogP contribution in [0.4, 0.5) is 5.69 Å². The molecule has 90 valence electrons. The summed E-state index contributed by atoms with van der Waals surface area (Å²) in [6, 6.07) is 5.81. The van der Waals surface area contributed by atoms with E-state index in [0.717, 1.165) is 29.0 Å². The molecule has 1 aromatic heterocycles. The number of allylic oxidation sites excluding steroid dienone is 1. The lowest BCUT2D eigenvalue weighted by Gasteiger charge is -2.08. The number of hydrogen-bond acceptors (Lipinski definition) is 3. The molecule has 0 saturated heterocycles. The first kappa shape index (κ1) is 11.7. The maximum absolute atomic E-state index is 5.93. The Morgan fingerprint density at radius 2 is 2.29 bits per heavy atom. The Kier molecular flexibility index (Phi) is 3.15. The van der Waals surface area contributed by atoms with Gasteiger partial charge in [0.05, 0.1) is 11.2 Å². The van der Waals surface area contributed by atoms with E-state index in [0.29, 0.717) is 12.3 Å². The van der Waals surface area contributed by atoms with Crippen LogP contribution in [0.1, 0.15) is 12.7 Å². The zero-order chi connectivity index (χ0) is 12.4. The first-order valence-corrected chi connectivity index (χ1v) is 5.50. The van der Waals surface area contributed by atoms with Gasteiger partial charge in [-0.3, -0.25) is 0 Å². The summed E-state index contributed by atoms with van der Waals surface area (Å²) in [5.41, 5.74) is 9.56. The number of ether oxygens (including phenoxy) is 1. The molecule has 0 spiro atoms. The largest absolute Gasteiger partial charge is 0.397 e. The fourth-order valence-corrected chi connectivity index (χ4v) is 1.90. The maximum Gasteiger partial charge on any atom is 0.136 e. The van der Waals surface area contributed by atoms with Gasteiger partial charge in [0.15, 0.2) is 0 Å². The normalized spacial score (nSPS) is 10.9. The van der Waals surface area contributed by atoms with Gasteiger partial charge in [0, 0.05) is 13.7 Å². The van der Waals surface area contributed by atoms with Gasteiger partial charge in [-0.15, -0.1) is 0 Å². The molecule has 0 aliphatic rings. The standard InChI is InChI=1S/C13H17N3O/c1-9(2)7-16-11-6-4-5-10(14)13(11)15-12(16)8-17-3/h4-6H,1,7-8,14H2,2-3H3. The number of fused-ring (bicyclic) bond motifs is 1. The molecule has 0 aliphatic heterocycles. The summed E-state index contributed by atoms with van der Waals surface area (Å²) in [5, 5.41) is 0. The van der Waals surface area contributed by atoms with Crippen LogP contribution in [-0.4, -0.2) is 16.7 Å². The van der Waals surface area contributed by atoms with Crippen molar-refractivity contribution in [2.75, 3.05) is 12.8 Å². The number of nitrogen functional groups attached to an aromatic ring is 1. The summed E-state index contributed by atoms with van der Waals surface area (Å²) in [6.07, 6.45) is 0. The molecule has 17 heavy (non-hydrogen) atoms. The number of nitrogens with two attached hydrogens (primary N) is 1. The van der Waals surface area contributed by atoms with Gasteiger partial charge in [-0.25, -0.2) is 4.98 Å². The van der Waals surface area contributed by atoms with Gasteiger partial charge in [-0.05, 0) is 19.1 Å². The van der Waals surface area contributed by atoms with Gasteiger partial charge in [-0.2, -0.15) is 0 Å². The first-order valence-electron chi connectivity index (χ1n) is 5.50. The lowest BCUT2D eigenvalue weighted by Crippen LogP contribution is -2.05. The van der Waals surface area contributed by atoms with Crippen LogP contribution in [0.5, 0.6) is 0 Å². The second-order valence-electron chi connectivity index (χ2n) is 4.22. The molecule has 0 atom stereocenters. The number of rotatable bonds is 4. The first-order chi connectivity index (χ1) is 8.13. The van der Waals surface area contributed by atoms with Crippen LogP contribution in [0.2, 0.25) is 0 Å².